The van der Waals surface area contributed by atoms with Gasteiger partial charge < -0.3 is 13.3 Å². The van der Waals surface area contributed by atoms with E-state index in [1.54, 1.807) is 0 Å². The zero-order chi connectivity index (χ0) is 19.8. The average molecular weight is 423 g/mol. The van der Waals surface area contributed by atoms with Crippen LogP contribution < -0.4 is 0 Å². The molecule has 0 aliphatic heterocycles. The third-order valence-corrected chi connectivity index (χ3v) is 11.6. The van der Waals surface area contributed by atoms with Crippen molar-refractivity contribution in [3.8, 4) is 0 Å². The van der Waals surface area contributed by atoms with E-state index in [4.69, 9.17) is 13.3 Å². The van der Waals surface area contributed by atoms with Gasteiger partial charge in [-0.15, -0.1) is 0 Å². The predicted octanol–water partition coefficient (Wildman–Crippen LogP) is 7.70. The van der Waals surface area contributed by atoms with E-state index in [-0.39, 0.29) is 0 Å². The topological polar surface area (TPSA) is 27.7 Å². The summed E-state index contributed by atoms with van der Waals surface area (Å²) in [5.41, 5.74) is 0.552. The van der Waals surface area contributed by atoms with Crippen molar-refractivity contribution in [1.29, 1.82) is 0 Å². The van der Waals surface area contributed by atoms with Gasteiger partial charge in [0.1, 0.15) is 0 Å². The standard InChI is InChI=1S/C25H46O3Si/c1-2-13-21-25(20-12-1)29(26-22-14-6-3-7-15-22,27-23-16-8-4-9-17-23)28-24-18-10-5-11-19-24/h22-25H,1-21H2. The second kappa shape index (κ2) is 11.6. The molecular weight excluding hydrogens is 376 g/mol. The minimum atomic E-state index is -2.69. The average Bonchev–Trinajstić information content (AvgIpc) is 3.06. The lowest BCUT2D eigenvalue weighted by Gasteiger charge is -2.44. The van der Waals surface area contributed by atoms with E-state index in [1.165, 1.54) is 135 Å². The van der Waals surface area contributed by atoms with Gasteiger partial charge in [-0.1, -0.05) is 83.5 Å². The quantitative estimate of drug-likeness (QED) is 0.311. The van der Waals surface area contributed by atoms with Crippen LogP contribution in [0, 0.1) is 0 Å². The molecule has 4 saturated carbocycles. The molecule has 0 saturated heterocycles. The maximum Gasteiger partial charge on any atom is 0.504 e. The van der Waals surface area contributed by atoms with Gasteiger partial charge in [0.15, 0.2) is 0 Å². The van der Waals surface area contributed by atoms with Gasteiger partial charge in [-0.05, 0) is 51.4 Å². The Hall–Kier alpha value is 0.0969. The van der Waals surface area contributed by atoms with Crippen molar-refractivity contribution in [2.75, 3.05) is 0 Å². The Balaban J connectivity index is 1.56. The molecule has 0 radical (unpaired) electrons. The Morgan fingerprint density at radius 1 is 0.345 bits per heavy atom. The molecule has 4 aliphatic rings. The van der Waals surface area contributed by atoms with Gasteiger partial charge in [-0.3, -0.25) is 0 Å². The Morgan fingerprint density at radius 3 is 0.966 bits per heavy atom. The number of hydrogen-bond acceptors (Lipinski definition) is 3. The Kier molecular flexibility index (Phi) is 8.95. The lowest BCUT2D eigenvalue weighted by molar-refractivity contribution is -0.0483. The summed E-state index contributed by atoms with van der Waals surface area (Å²) in [4.78, 5) is 0. The molecule has 4 fully saturated rings. The lowest BCUT2D eigenvalue weighted by Crippen LogP contribution is -2.56. The maximum atomic E-state index is 7.17. The van der Waals surface area contributed by atoms with Crippen molar-refractivity contribution in [3.63, 3.8) is 0 Å². The highest BCUT2D eigenvalue weighted by molar-refractivity contribution is 6.62. The Labute approximate surface area is 181 Å². The molecule has 4 aliphatic carbocycles. The van der Waals surface area contributed by atoms with Gasteiger partial charge in [0.2, 0.25) is 0 Å². The van der Waals surface area contributed by atoms with E-state index < -0.39 is 8.80 Å². The molecule has 0 aromatic heterocycles. The molecule has 0 atom stereocenters. The van der Waals surface area contributed by atoms with Crippen LogP contribution in [-0.4, -0.2) is 27.1 Å². The summed E-state index contributed by atoms with van der Waals surface area (Å²) in [6.45, 7) is 0. The molecule has 3 nitrogen and oxygen atoms in total. The zero-order valence-corrected chi connectivity index (χ0v) is 19.9. The first-order valence-electron chi connectivity index (χ1n) is 13.4. The van der Waals surface area contributed by atoms with Crippen molar-refractivity contribution in [3.05, 3.63) is 0 Å². The maximum absolute atomic E-state index is 7.17. The third-order valence-electron chi connectivity index (χ3n) is 8.00. The molecule has 0 aromatic carbocycles. The Bertz CT molecular complexity index is 395. The highest BCUT2D eigenvalue weighted by Gasteiger charge is 2.53. The van der Waals surface area contributed by atoms with Crippen molar-refractivity contribution < 1.29 is 13.3 Å². The van der Waals surface area contributed by atoms with Crippen LogP contribution >= 0.6 is 0 Å². The third kappa shape index (κ3) is 6.54. The lowest BCUT2D eigenvalue weighted by atomic mass is 9.98. The first-order chi connectivity index (χ1) is 14.3. The minimum absolute atomic E-state index is 0.394. The van der Waals surface area contributed by atoms with Gasteiger partial charge in [-0.2, -0.15) is 0 Å². The molecule has 0 bridgehead atoms. The fraction of sp³-hybridized carbons (Fsp3) is 1.00. The van der Waals surface area contributed by atoms with Crippen molar-refractivity contribution in [2.45, 2.75) is 159 Å². The second-order valence-corrected chi connectivity index (χ2v) is 13.2. The first-order valence-corrected chi connectivity index (χ1v) is 15.2. The van der Waals surface area contributed by atoms with Crippen molar-refractivity contribution in [1.82, 2.24) is 0 Å². The smallest absolute Gasteiger partial charge is 0.370 e. The molecule has 0 N–H and O–H groups in total. The molecule has 0 aromatic rings. The number of hydrogen-bond donors (Lipinski definition) is 0. The van der Waals surface area contributed by atoms with Crippen molar-refractivity contribution in [2.24, 2.45) is 0 Å². The van der Waals surface area contributed by atoms with Crippen LogP contribution in [0.1, 0.15) is 135 Å². The molecule has 168 valence electrons. The molecule has 29 heavy (non-hydrogen) atoms. The highest BCUT2D eigenvalue weighted by Crippen LogP contribution is 2.43. The summed E-state index contributed by atoms with van der Waals surface area (Å²) in [6, 6.07) is 0. The van der Waals surface area contributed by atoms with E-state index in [0.717, 1.165) is 0 Å². The molecule has 0 unspecified atom stereocenters. The second-order valence-electron chi connectivity index (χ2n) is 10.4. The summed E-state index contributed by atoms with van der Waals surface area (Å²) in [6.07, 6.45) is 28.6. The summed E-state index contributed by atoms with van der Waals surface area (Å²) in [5, 5.41) is 0. The van der Waals surface area contributed by atoms with Gasteiger partial charge >= 0.3 is 8.80 Å². The monoisotopic (exact) mass is 422 g/mol. The fourth-order valence-electron chi connectivity index (χ4n) is 6.25. The van der Waals surface area contributed by atoms with Crippen LogP contribution in [0.25, 0.3) is 0 Å². The van der Waals surface area contributed by atoms with Gasteiger partial charge in [0.05, 0.1) is 0 Å². The van der Waals surface area contributed by atoms with Crippen LogP contribution in [0.3, 0.4) is 0 Å². The van der Waals surface area contributed by atoms with Gasteiger partial charge in [0, 0.05) is 23.9 Å². The van der Waals surface area contributed by atoms with E-state index in [9.17, 15) is 0 Å². The van der Waals surface area contributed by atoms with E-state index in [1.807, 2.05) is 0 Å². The zero-order valence-electron chi connectivity index (χ0n) is 18.9. The van der Waals surface area contributed by atoms with Crippen LogP contribution in [-0.2, 0) is 13.3 Å². The normalized spacial score (nSPS) is 27.7. The molecule has 4 heteroatoms. The van der Waals surface area contributed by atoms with Gasteiger partial charge in [-0.25, -0.2) is 0 Å². The van der Waals surface area contributed by atoms with Crippen LogP contribution in [0.5, 0.6) is 0 Å². The SMILES string of the molecule is C1CCC(O[Si](OC2CCCCC2)(OC2CCCCC2)C2CCCCCC2)CC1. The Morgan fingerprint density at radius 2 is 0.621 bits per heavy atom. The number of rotatable bonds is 7. The molecule has 0 spiro atoms. The fourth-order valence-corrected chi connectivity index (χ4v) is 10.2. The molecule has 4 rings (SSSR count). The van der Waals surface area contributed by atoms with E-state index >= 15 is 0 Å². The molecule has 0 heterocycles. The first kappa shape index (κ1) is 22.3. The predicted molar refractivity (Wildman–Crippen MR) is 121 cm³/mol. The summed E-state index contributed by atoms with van der Waals surface area (Å²) in [7, 11) is -2.69. The van der Waals surface area contributed by atoms with Crippen molar-refractivity contribution >= 4 is 8.80 Å². The van der Waals surface area contributed by atoms with Gasteiger partial charge in [0.25, 0.3) is 0 Å². The van der Waals surface area contributed by atoms with Crippen LogP contribution in [0.2, 0.25) is 5.54 Å². The molecule has 0 amide bonds. The summed E-state index contributed by atoms with van der Waals surface area (Å²) >= 11 is 0. The largest absolute Gasteiger partial charge is 0.504 e. The molecular formula is C25H46O3Si. The minimum Gasteiger partial charge on any atom is -0.370 e. The highest BCUT2D eigenvalue weighted by atomic mass is 28.4. The summed E-state index contributed by atoms with van der Waals surface area (Å²) < 4.78 is 21.5. The van der Waals surface area contributed by atoms with E-state index in [2.05, 4.69) is 0 Å². The summed E-state index contributed by atoms with van der Waals surface area (Å²) in [5.74, 6) is 0. The van der Waals surface area contributed by atoms with E-state index in [0.29, 0.717) is 23.9 Å². The van der Waals surface area contributed by atoms with Crippen LogP contribution in [0.15, 0.2) is 0 Å². The van der Waals surface area contributed by atoms with Crippen LogP contribution in [0.4, 0.5) is 0 Å².